The molecular formula is C5H6F2INO. The van der Waals surface area contributed by atoms with E-state index in [-0.39, 0.29) is 16.9 Å². The van der Waals surface area contributed by atoms with Gasteiger partial charge in [0.2, 0.25) is 0 Å². The summed E-state index contributed by atoms with van der Waals surface area (Å²) in [4.78, 5) is 11.7. The molecule has 1 fully saturated rings. The van der Waals surface area contributed by atoms with E-state index < -0.39 is 12.5 Å². The third-order valence-electron chi connectivity index (χ3n) is 1.42. The Bertz CT molecular complexity index is 162. The van der Waals surface area contributed by atoms with Gasteiger partial charge in [0.1, 0.15) is 0 Å². The van der Waals surface area contributed by atoms with Crippen LogP contribution in [0.4, 0.5) is 13.6 Å². The lowest BCUT2D eigenvalue weighted by molar-refractivity contribution is 0.0164. The molecule has 1 aliphatic heterocycles. The summed E-state index contributed by atoms with van der Waals surface area (Å²) in [6, 6.07) is 0. The maximum Gasteiger partial charge on any atom is 0.283 e. The predicted molar refractivity (Wildman–Crippen MR) is 40.6 cm³/mol. The molecule has 2 nitrogen and oxygen atoms in total. The van der Waals surface area contributed by atoms with Crippen molar-refractivity contribution in [3.8, 4) is 0 Å². The second-order valence-corrected chi connectivity index (χ2v) is 3.20. The molecule has 0 saturated carbocycles. The van der Waals surface area contributed by atoms with Crippen LogP contribution in [0.1, 0.15) is 6.42 Å². The van der Waals surface area contributed by atoms with E-state index in [9.17, 15) is 13.6 Å². The monoisotopic (exact) mass is 261 g/mol. The minimum absolute atomic E-state index is 0.189. The minimum atomic E-state index is -2.65. The molecule has 58 valence electrons. The third kappa shape index (κ3) is 1.77. The van der Waals surface area contributed by atoms with E-state index in [2.05, 4.69) is 0 Å². The van der Waals surface area contributed by atoms with Crippen LogP contribution >= 0.6 is 22.6 Å². The number of carbonyl (C=O) groups excluding carboxylic acids is 1. The van der Waals surface area contributed by atoms with Crippen molar-refractivity contribution in [3.05, 3.63) is 0 Å². The van der Waals surface area contributed by atoms with Crippen LogP contribution in [0.25, 0.3) is 0 Å². The molecule has 1 rings (SSSR count). The predicted octanol–water partition coefficient (Wildman–Crippen LogP) is 1.88. The summed E-state index contributed by atoms with van der Waals surface area (Å²) in [7, 11) is 0. The maximum atomic E-state index is 12.4. The van der Waals surface area contributed by atoms with E-state index in [1.54, 1.807) is 0 Å². The molecule has 0 radical (unpaired) electrons. The largest absolute Gasteiger partial charge is 0.328 e. The lowest BCUT2D eigenvalue weighted by Gasteiger charge is -2.11. The highest BCUT2D eigenvalue weighted by atomic mass is 127. The van der Waals surface area contributed by atoms with Gasteiger partial charge >= 0.3 is 0 Å². The Hall–Kier alpha value is 0.0600. The van der Waals surface area contributed by atoms with Gasteiger partial charge in [0.25, 0.3) is 9.84 Å². The molecule has 0 aromatic heterocycles. The molecule has 5 heteroatoms. The van der Waals surface area contributed by atoms with Crippen LogP contribution < -0.4 is 0 Å². The Balaban J connectivity index is 2.51. The van der Waals surface area contributed by atoms with Crippen molar-refractivity contribution in [2.45, 2.75) is 12.3 Å². The first-order chi connectivity index (χ1) is 4.51. The van der Waals surface area contributed by atoms with Crippen molar-refractivity contribution < 1.29 is 13.6 Å². The molecule has 0 N–H and O–H groups in total. The molecule has 1 aliphatic rings. The lowest BCUT2D eigenvalue weighted by atomic mass is 10.3. The molecule has 0 bridgehead atoms. The Kier molecular flexibility index (Phi) is 2.12. The number of carbonyl (C=O) groups is 1. The quantitative estimate of drug-likeness (QED) is 0.370. The van der Waals surface area contributed by atoms with E-state index in [1.165, 1.54) is 22.6 Å². The first kappa shape index (κ1) is 8.16. The van der Waals surface area contributed by atoms with Gasteiger partial charge in [-0.3, -0.25) is 4.79 Å². The molecule has 1 heterocycles. The number of rotatable bonds is 0. The summed E-state index contributed by atoms with van der Waals surface area (Å²) in [5.74, 6) is -2.65. The highest BCUT2D eigenvalue weighted by Gasteiger charge is 2.39. The van der Waals surface area contributed by atoms with Gasteiger partial charge in [-0.2, -0.15) is 0 Å². The molecule has 10 heavy (non-hydrogen) atoms. The van der Waals surface area contributed by atoms with Gasteiger partial charge < -0.3 is 4.90 Å². The second kappa shape index (κ2) is 2.60. The van der Waals surface area contributed by atoms with Crippen LogP contribution in [0.3, 0.4) is 0 Å². The molecule has 1 saturated heterocycles. The second-order valence-electron chi connectivity index (χ2n) is 2.28. The first-order valence-electron chi connectivity index (χ1n) is 2.83. The van der Waals surface area contributed by atoms with E-state index in [0.29, 0.717) is 0 Å². The highest BCUT2D eigenvalue weighted by molar-refractivity contribution is 14.1. The average molecular weight is 261 g/mol. The van der Waals surface area contributed by atoms with Crippen LogP contribution in [0.15, 0.2) is 0 Å². The van der Waals surface area contributed by atoms with Gasteiger partial charge in [-0.05, 0) is 0 Å². The number of alkyl halides is 2. The number of nitrogens with zero attached hydrogens (tertiary/aromatic N) is 1. The molecule has 1 amide bonds. The summed E-state index contributed by atoms with van der Waals surface area (Å²) in [5, 5.41) is 0. The summed E-state index contributed by atoms with van der Waals surface area (Å²) >= 11 is 1.51. The molecular weight excluding hydrogens is 255 g/mol. The molecule has 0 aromatic rings. The summed E-state index contributed by atoms with van der Waals surface area (Å²) in [5.41, 5.74) is 0. The maximum absolute atomic E-state index is 12.4. The van der Waals surface area contributed by atoms with Crippen molar-refractivity contribution in [1.82, 2.24) is 4.90 Å². The zero-order chi connectivity index (χ0) is 7.78. The van der Waals surface area contributed by atoms with E-state index in [4.69, 9.17) is 0 Å². The van der Waals surface area contributed by atoms with Crippen LogP contribution in [-0.2, 0) is 0 Å². The van der Waals surface area contributed by atoms with Crippen molar-refractivity contribution in [2.75, 3.05) is 13.1 Å². The Morgan fingerprint density at radius 1 is 1.60 bits per heavy atom. The van der Waals surface area contributed by atoms with Crippen molar-refractivity contribution in [3.63, 3.8) is 0 Å². The van der Waals surface area contributed by atoms with Gasteiger partial charge in [-0.1, -0.05) is 0 Å². The number of halogens is 3. The summed E-state index contributed by atoms with van der Waals surface area (Å²) in [6.45, 7) is -0.219. The van der Waals surface area contributed by atoms with Crippen LogP contribution in [0.5, 0.6) is 0 Å². The number of amides is 1. The van der Waals surface area contributed by atoms with Gasteiger partial charge in [-0.25, -0.2) is 8.78 Å². The number of likely N-dealkylation sites (tertiary alicyclic amines) is 1. The third-order valence-corrected chi connectivity index (χ3v) is 2.10. The fourth-order valence-corrected chi connectivity index (χ4v) is 1.30. The van der Waals surface area contributed by atoms with E-state index in [1.807, 2.05) is 0 Å². The molecule has 0 unspecified atom stereocenters. The standard InChI is InChI=1S/C5H6F2INO/c6-5(7)1-2-9(3-5)4(8)10/h1-3H2. The van der Waals surface area contributed by atoms with Gasteiger partial charge in [0.05, 0.1) is 6.54 Å². The first-order valence-corrected chi connectivity index (χ1v) is 3.91. The Morgan fingerprint density at radius 3 is 2.40 bits per heavy atom. The van der Waals surface area contributed by atoms with Crippen molar-refractivity contribution >= 4 is 26.5 Å². The average Bonchev–Trinajstić information content (AvgIpc) is 2.10. The molecule has 0 aliphatic carbocycles. The van der Waals surface area contributed by atoms with E-state index >= 15 is 0 Å². The summed E-state index contributed by atoms with van der Waals surface area (Å²) < 4.78 is 24.4. The zero-order valence-corrected chi connectivity index (χ0v) is 7.27. The minimum Gasteiger partial charge on any atom is -0.328 e. The molecule has 0 atom stereocenters. The van der Waals surface area contributed by atoms with Crippen LogP contribution in [0.2, 0.25) is 0 Å². The Morgan fingerprint density at radius 2 is 2.20 bits per heavy atom. The van der Waals surface area contributed by atoms with Gasteiger partial charge in [0, 0.05) is 35.6 Å². The highest BCUT2D eigenvalue weighted by Crippen LogP contribution is 2.27. The van der Waals surface area contributed by atoms with Crippen LogP contribution in [0, 0.1) is 0 Å². The fourth-order valence-electron chi connectivity index (χ4n) is 0.886. The van der Waals surface area contributed by atoms with Crippen molar-refractivity contribution in [2.24, 2.45) is 0 Å². The lowest BCUT2D eigenvalue weighted by Crippen LogP contribution is -2.26. The smallest absolute Gasteiger partial charge is 0.283 e. The molecule has 0 spiro atoms. The topological polar surface area (TPSA) is 20.3 Å². The Labute approximate surface area is 70.7 Å². The van der Waals surface area contributed by atoms with Gasteiger partial charge in [0.15, 0.2) is 0 Å². The fraction of sp³-hybridized carbons (Fsp3) is 0.800. The van der Waals surface area contributed by atoms with Crippen LogP contribution in [-0.4, -0.2) is 27.8 Å². The summed E-state index contributed by atoms with van der Waals surface area (Å²) in [6.07, 6.45) is -0.193. The zero-order valence-electron chi connectivity index (χ0n) is 5.11. The van der Waals surface area contributed by atoms with Crippen molar-refractivity contribution in [1.29, 1.82) is 0 Å². The number of hydrogen-bond acceptors (Lipinski definition) is 1. The SMILES string of the molecule is O=C(I)N1CCC(F)(F)C1. The van der Waals surface area contributed by atoms with Gasteiger partial charge in [-0.15, -0.1) is 0 Å². The normalized spacial score (nSPS) is 23.3. The number of hydrogen-bond donors (Lipinski definition) is 0. The molecule has 0 aromatic carbocycles. The van der Waals surface area contributed by atoms with E-state index in [0.717, 1.165) is 4.90 Å².